The number of carbonyl (C=O) groups is 2. The molecule has 1 N–H and O–H groups in total. The van der Waals surface area contributed by atoms with Crippen molar-refractivity contribution in [3.63, 3.8) is 0 Å². The first kappa shape index (κ1) is 25.6. The molecule has 0 spiro atoms. The zero-order valence-corrected chi connectivity index (χ0v) is 21.3. The van der Waals surface area contributed by atoms with Crippen LogP contribution in [0.4, 0.5) is 5.69 Å². The number of anilines is 1. The highest BCUT2D eigenvalue weighted by Gasteiger charge is 2.37. The summed E-state index contributed by atoms with van der Waals surface area (Å²) in [6.07, 6.45) is 1.15. The van der Waals surface area contributed by atoms with Gasteiger partial charge in [0.15, 0.2) is 11.5 Å². The highest BCUT2D eigenvalue weighted by Crippen LogP contribution is 2.38. The van der Waals surface area contributed by atoms with Crippen LogP contribution in [0.5, 0.6) is 11.5 Å². The minimum atomic E-state index is -3.44. The molecule has 1 heterocycles. The molecule has 2 aromatic carbocycles. The zero-order valence-electron chi connectivity index (χ0n) is 20.5. The summed E-state index contributed by atoms with van der Waals surface area (Å²) in [5, 5.41) is 2.86. The molecule has 0 fully saturated rings. The van der Waals surface area contributed by atoms with E-state index in [-0.39, 0.29) is 24.1 Å². The van der Waals surface area contributed by atoms with Crippen LogP contribution in [0, 0.1) is 5.41 Å². The van der Waals surface area contributed by atoms with Gasteiger partial charge in [0.25, 0.3) is 5.91 Å². The van der Waals surface area contributed by atoms with Crippen molar-refractivity contribution >= 4 is 27.3 Å². The van der Waals surface area contributed by atoms with E-state index < -0.39 is 21.3 Å². The average Bonchev–Trinajstić information content (AvgIpc) is 3.08. The highest BCUT2D eigenvalue weighted by molar-refractivity contribution is 7.90. The third kappa shape index (κ3) is 5.52. The lowest BCUT2D eigenvalue weighted by molar-refractivity contribution is -0.123. The monoisotopic (exact) mass is 488 g/mol. The second-order valence-electron chi connectivity index (χ2n) is 9.43. The molecule has 8 nitrogen and oxygen atoms in total. The first-order valence-electron chi connectivity index (χ1n) is 11.1. The van der Waals surface area contributed by atoms with Gasteiger partial charge in [-0.3, -0.25) is 9.59 Å². The molecule has 34 heavy (non-hydrogen) atoms. The lowest BCUT2D eigenvalue weighted by Gasteiger charge is -2.28. The number of sulfone groups is 1. The predicted octanol–water partition coefficient (Wildman–Crippen LogP) is 3.82. The van der Waals surface area contributed by atoms with Crippen molar-refractivity contribution in [1.82, 2.24) is 4.90 Å². The van der Waals surface area contributed by atoms with Gasteiger partial charge < -0.3 is 19.7 Å². The smallest absolute Gasteiger partial charge is 0.257 e. The van der Waals surface area contributed by atoms with E-state index in [9.17, 15) is 18.0 Å². The third-order valence-electron chi connectivity index (χ3n) is 5.60. The van der Waals surface area contributed by atoms with Crippen LogP contribution < -0.4 is 14.8 Å². The minimum absolute atomic E-state index is 0.212. The number of fused-ring (bicyclic) bond motifs is 1. The van der Waals surface area contributed by atoms with Gasteiger partial charge in [0.1, 0.15) is 9.84 Å². The van der Waals surface area contributed by atoms with Crippen molar-refractivity contribution < 1.29 is 27.5 Å². The number of nitrogens with one attached hydrogen (secondary N) is 1. The lowest BCUT2D eigenvalue weighted by atomic mass is 9.95. The number of hydrogen-bond donors (Lipinski definition) is 1. The largest absolute Gasteiger partial charge is 0.493 e. The minimum Gasteiger partial charge on any atom is -0.493 e. The van der Waals surface area contributed by atoms with Gasteiger partial charge in [-0.15, -0.1) is 0 Å². The Morgan fingerprint density at radius 2 is 1.88 bits per heavy atom. The van der Waals surface area contributed by atoms with Crippen molar-refractivity contribution in [2.75, 3.05) is 31.0 Å². The molecule has 0 saturated heterocycles. The number of benzene rings is 2. The van der Waals surface area contributed by atoms with Crippen molar-refractivity contribution in [2.45, 2.75) is 40.3 Å². The summed E-state index contributed by atoms with van der Waals surface area (Å²) in [5.74, 6) is 0.197. The molecule has 0 aliphatic carbocycles. The van der Waals surface area contributed by atoms with Crippen LogP contribution in [-0.4, -0.2) is 50.9 Å². The Kier molecular flexibility index (Phi) is 7.26. The van der Waals surface area contributed by atoms with E-state index in [1.165, 1.54) is 12.0 Å². The first-order chi connectivity index (χ1) is 15.9. The van der Waals surface area contributed by atoms with Crippen LogP contribution in [0.3, 0.4) is 0 Å². The van der Waals surface area contributed by atoms with Crippen LogP contribution in [0.1, 0.15) is 55.2 Å². The fraction of sp³-hybridized carbons (Fsp3) is 0.440. The van der Waals surface area contributed by atoms with E-state index in [1.807, 2.05) is 13.0 Å². The summed E-state index contributed by atoms with van der Waals surface area (Å²) in [4.78, 5) is 27.7. The molecule has 0 bridgehead atoms. The third-order valence-corrected chi connectivity index (χ3v) is 6.53. The van der Waals surface area contributed by atoms with Crippen molar-refractivity contribution in [3.8, 4) is 11.5 Å². The molecule has 1 aliphatic rings. The normalized spacial score (nSPS) is 14.5. The molecule has 9 heteroatoms. The van der Waals surface area contributed by atoms with E-state index in [0.29, 0.717) is 34.9 Å². The molecule has 1 atom stereocenters. The van der Waals surface area contributed by atoms with E-state index in [1.54, 1.807) is 51.1 Å². The molecule has 2 amide bonds. The van der Waals surface area contributed by atoms with Crippen LogP contribution in [0.25, 0.3) is 0 Å². The van der Waals surface area contributed by atoms with Crippen LogP contribution in [-0.2, 0) is 21.2 Å². The highest BCUT2D eigenvalue weighted by atomic mass is 32.2. The number of carbonyl (C=O) groups excluding carboxylic acids is 2. The van der Waals surface area contributed by atoms with E-state index in [4.69, 9.17) is 9.47 Å². The molecular weight excluding hydrogens is 456 g/mol. The Morgan fingerprint density at radius 1 is 1.18 bits per heavy atom. The summed E-state index contributed by atoms with van der Waals surface area (Å²) in [6, 6.07) is 9.71. The zero-order chi connectivity index (χ0) is 25.3. The number of nitrogens with zero attached hydrogens (tertiary/aromatic N) is 1. The van der Waals surface area contributed by atoms with Gasteiger partial charge in [0.2, 0.25) is 5.91 Å². The fourth-order valence-corrected chi connectivity index (χ4v) is 4.82. The summed E-state index contributed by atoms with van der Waals surface area (Å²) in [6.45, 7) is 7.85. The van der Waals surface area contributed by atoms with Gasteiger partial charge in [0, 0.05) is 18.2 Å². The number of hydrogen-bond acceptors (Lipinski definition) is 6. The fourth-order valence-electron chi connectivity index (χ4n) is 3.87. The maximum absolute atomic E-state index is 13.6. The Labute approximate surface area is 201 Å². The Bertz CT molecular complexity index is 1200. The molecule has 0 radical (unpaired) electrons. The quantitative estimate of drug-likeness (QED) is 0.606. The Balaban J connectivity index is 2.03. The Hall–Kier alpha value is -3.07. The number of methoxy groups -OCH3 is 1. The molecule has 184 valence electrons. The van der Waals surface area contributed by atoms with Gasteiger partial charge in [-0.25, -0.2) is 8.42 Å². The number of rotatable bonds is 8. The second-order valence-corrected chi connectivity index (χ2v) is 11.6. The van der Waals surface area contributed by atoms with Gasteiger partial charge in [-0.05, 0) is 36.2 Å². The lowest BCUT2D eigenvalue weighted by Crippen LogP contribution is -2.34. The molecule has 0 aromatic heterocycles. The van der Waals surface area contributed by atoms with Gasteiger partial charge >= 0.3 is 0 Å². The van der Waals surface area contributed by atoms with Crippen molar-refractivity contribution in [3.05, 3.63) is 53.1 Å². The van der Waals surface area contributed by atoms with E-state index >= 15 is 0 Å². The summed E-state index contributed by atoms with van der Waals surface area (Å²) >= 11 is 0. The molecule has 1 aliphatic heterocycles. The molecule has 3 rings (SSSR count). The number of ether oxygens (including phenoxy) is 2. The summed E-state index contributed by atoms with van der Waals surface area (Å²) in [7, 11) is -1.92. The SMILES string of the molecule is CCOc1cc([C@H](CS(C)(=O)=O)N2Cc3cccc(NC(=O)C(C)(C)C)c3C2=O)ccc1OC. The van der Waals surface area contributed by atoms with Gasteiger partial charge in [0.05, 0.1) is 36.8 Å². The maximum Gasteiger partial charge on any atom is 0.257 e. The van der Waals surface area contributed by atoms with Crippen molar-refractivity contribution in [1.29, 1.82) is 0 Å². The maximum atomic E-state index is 13.6. The van der Waals surface area contributed by atoms with Crippen molar-refractivity contribution in [2.24, 2.45) is 5.41 Å². The van der Waals surface area contributed by atoms with Gasteiger partial charge in [-0.1, -0.05) is 39.0 Å². The molecule has 2 aromatic rings. The topological polar surface area (TPSA) is 102 Å². The standard InChI is InChI=1S/C25H32N2O6S/c1-7-33-21-13-16(11-12-20(21)32-5)19(15-34(6,30)31)27-14-17-9-8-10-18(22(17)23(27)28)26-24(29)25(2,3)4/h8-13,19H,7,14-15H2,1-6H3,(H,26,29)/t19-/m0/s1. The average molecular weight is 489 g/mol. The Morgan fingerprint density at radius 3 is 2.47 bits per heavy atom. The molecular formula is C25H32N2O6S. The summed E-state index contributed by atoms with van der Waals surface area (Å²) in [5.41, 5.74) is 1.52. The van der Waals surface area contributed by atoms with Crippen LogP contribution in [0.2, 0.25) is 0 Å². The number of amides is 2. The summed E-state index contributed by atoms with van der Waals surface area (Å²) < 4.78 is 35.7. The van der Waals surface area contributed by atoms with Gasteiger partial charge in [-0.2, -0.15) is 0 Å². The molecule has 0 saturated carbocycles. The molecule has 0 unspecified atom stereocenters. The van der Waals surface area contributed by atoms with Crippen LogP contribution in [0.15, 0.2) is 36.4 Å². The second kappa shape index (κ2) is 9.66. The van der Waals surface area contributed by atoms with E-state index in [2.05, 4.69) is 5.32 Å². The predicted molar refractivity (Wildman–Crippen MR) is 131 cm³/mol. The first-order valence-corrected chi connectivity index (χ1v) is 13.1. The van der Waals surface area contributed by atoms with E-state index in [0.717, 1.165) is 11.8 Å². The van der Waals surface area contributed by atoms with Crippen LogP contribution >= 0.6 is 0 Å².